The average molecular weight is 318 g/mol. The van der Waals surface area contributed by atoms with Crippen LogP contribution in [-0.2, 0) is 9.84 Å². The fraction of sp³-hybridized carbons (Fsp3) is 0.0667. The van der Waals surface area contributed by atoms with Crippen LogP contribution in [0.3, 0.4) is 0 Å². The summed E-state index contributed by atoms with van der Waals surface area (Å²) in [6, 6.07) is 13.6. The fourth-order valence-corrected chi connectivity index (χ4v) is 3.10. The Morgan fingerprint density at radius 3 is 2.09 bits per heavy atom. The molecule has 0 aliphatic heterocycles. The molecule has 0 fully saturated rings. The van der Waals surface area contributed by atoms with Crippen LogP contribution in [0.1, 0.15) is 15.9 Å². The third-order valence-corrected chi connectivity index (χ3v) is 4.67. The summed E-state index contributed by atoms with van der Waals surface area (Å²) in [6.07, 6.45) is 0. The number of sulfone groups is 1. The van der Waals surface area contributed by atoms with Gasteiger partial charge in [-0.25, -0.2) is 8.42 Å². The minimum Gasteiger partial charge on any atom is -0.409 e. The molecule has 0 aliphatic rings. The molecule has 0 aromatic heterocycles. The van der Waals surface area contributed by atoms with Gasteiger partial charge in [0.1, 0.15) is 5.75 Å². The number of Topliss-reactive ketones (excluding diaryl/α,β-unsaturated/α-hetero) is 1. The first kappa shape index (κ1) is 15.7. The summed E-state index contributed by atoms with van der Waals surface area (Å²) < 4.78 is 24.3. The number of benzene rings is 2. The number of amidine groups is 1. The standard InChI is InChI=1S/C15H14N2O4S/c16-15(17-19)12-8-6-11(7-9-12)14(18)10-22(20,21)13-4-2-1-3-5-13/h1-9,19H,10H2,(H2,16,17). The van der Waals surface area contributed by atoms with Gasteiger partial charge in [0.2, 0.25) is 0 Å². The van der Waals surface area contributed by atoms with Crippen LogP contribution in [0.15, 0.2) is 64.6 Å². The topological polar surface area (TPSA) is 110 Å². The number of nitrogens with two attached hydrogens (primary N) is 1. The van der Waals surface area contributed by atoms with Crippen LogP contribution < -0.4 is 5.73 Å². The molecule has 0 radical (unpaired) electrons. The molecule has 0 atom stereocenters. The molecule has 0 unspecified atom stereocenters. The van der Waals surface area contributed by atoms with Crippen LogP contribution in [0.2, 0.25) is 0 Å². The fourth-order valence-electron chi connectivity index (χ4n) is 1.85. The second-order valence-electron chi connectivity index (χ2n) is 4.56. The maximum absolute atomic E-state index is 12.1. The van der Waals surface area contributed by atoms with Crippen LogP contribution in [0, 0.1) is 0 Å². The van der Waals surface area contributed by atoms with E-state index in [0.29, 0.717) is 5.56 Å². The zero-order chi connectivity index (χ0) is 16.2. The highest BCUT2D eigenvalue weighted by molar-refractivity contribution is 7.92. The quantitative estimate of drug-likeness (QED) is 0.285. The third-order valence-electron chi connectivity index (χ3n) is 3.03. The molecular weight excluding hydrogens is 304 g/mol. The molecule has 22 heavy (non-hydrogen) atoms. The molecule has 2 aromatic rings. The monoisotopic (exact) mass is 318 g/mol. The van der Waals surface area contributed by atoms with E-state index in [4.69, 9.17) is 10.9 Å². The summed E-state index contributed by atoms with van der Waals surface area (Å²) >= 11 is 0. The van der Waals surface area contributed by atoms with Crippen molar-refractivity contribution in [2.24, 2.45) is 10.9 Å². The van der Waals surface area contributed by atoms with Crippen molar-refractivity contribution >= 4 is 21.5 Å². The summed E-state index contributed by atoms with van der Waals surface area (Å²) in [6.45, 7) is 0. The van der Waals surface area contributed by atoms with Gasteiger partial charge in [0.25, 0.3) is 0 Å². The van der Waals surface area contributed by atoms with Crippen LogP contribution in [0.5, 0.6) is 0 Å². The summed E-state index contributed by atoms with van der Waals surface area (Å²) in [4.78, 5) is 12.2. The molecule has 0 saturated heterocycles. The molecule has 2 aromatic carbocycles. The predicted molar refractivity (Wildman–Crippen MR) is 81.8 cm³/mol. The Bertz CT molecular complexity index is 797. The van der Waals surface area contributed by atoms with Gasteiger partial charge in [0.15, 0.2) is 21.5 Å². The van der Waals surface area contributed by atoms with Gasteiger partial charge in [-0.2, -0.15) is 0 Å². The Balaban J connectivity index is 2.19. The lowest BCUT2D eigenvalue weighted by molar-refractivity contribution is 0.102. The van der Waals surface area contributed by atoms with E-state index in [1.807, 2.05) is 0 Å². The van der Waals surface area contributed by atoms with Crippen molar-refractivity contribution in [2.75, 3.05) is 5.75 Å². The average Bonchev–Trinajstić information content (AvgIpc) is 2.54. The molecule has 0 saturated carbocycles. The van der Waals surface area contributed by atoms with E-state index < -0.39 is 21.4 Å². The zero-order valence-corrected chi connectivity index (χ0v) is 12.3. The van der Waals surface area contributed by atoms with Gasteiger partial charge >= 0.3 is 0 Å². The maximum Gasteiger partial charge on any atom is 0.185 e. The number of hydrogen-bond donors (Lipinski definition) is 2. The molecule has 7 heteroatoms. The smallest absolute Gasteiger partial charge is 0.185 e. The Morgan fingerprint density at radius 2 is 1.55 bits per heavy atom. The number of ketones is 1. The normalized spacial score (nSPS) is 12.1. The van der Waals surface area contributed by atoms with Crippen LogP contribution in [-0.4, -0.2) is 31.0 Å². The van der Waals surface area contributed by atoms with Crippen molar-refractivity contribution < 1.29 is 18.4 Å². The third kappa shape index (κ3) is 3.50. The Morgan fingerprint density at radius 1 is 1.00 bits per heavy atom. The first-order chi connectivity index (χ1) is 10.4. The van der Waals surface area contributed by atoms with Crippen molar-refractivity contribution in [1.82, 2.24) is 0 Å². The molecule has 0 bridgehead atoms. The summed E-state index contributed by atoms with van der Waals surface area (Å²) in [5, 5.41) is 11.4. The molecule has 0 spiro atoms. The maximum atomic E-state index is 12.1. The van der Waals surface area contributed by atoms with Crippen molar-refractivity contribution in [1.29, 1.82) is 0 Å². The first-order valence-corrected chi connectivity index (χ1v) is 7.98. The summed E-state index contributed by atoms with van der Waals surface area (Å²) in [7, 11) is -3.68. The minimum atomic E-state index is -3.68. The van der Waals surface area contributed by atoms with Crippen LogP contribution >= 0.6 is 0 Å². The van der Waals surface area contributed by atoms with Crippen LogP contribution in [0.4, 0.5) is 0 Å². The van der Waals surface area contributed by atoms with Gasteiger partial charge in [-0.15, -0.1) is 0 Å². The second kappa shape index (κ2) is 6.40. The highest BCUT2D eigenvalue weighted by Crippen LogP contribution is 2.13. The SMILES string of the molecule is N/C(=N\O)c1ccc(C(=O)CS(=O)(=O)c2ccccc2)cc1. The number of rotatable bonds is 5. The van der Waals surface area contributed by atoms with E-state index in [0.717, 1.165) is 0 Å². The summed E-state index contributed by atoms with van der Waals surface area (Å²) in [5.74, 6) is -1.22. The van der Waals surface area contributed by atoms with Gasteiger partial charge < -0.3 is 10.9 Å². The number of oxime groups is 1. The second-order valence-corrected chi connectivity index (χ2v) is 6.55. The van der Waals surface area contributed by atoms with Crippen molar-refractivity contribution in [2.45, 2.75) is 4.90 Å². The van der Waals surface area contributed by atoms with Gasteiger partial charge in [-0.1, -0.05) is 47.6 Å². The van der Waals surface area contributed by atoms with E-state index in [-0.39, 0.29) is 16.3 Å². The lowest BCUT2D eigenvalue weighted by Crippen LogP contribution is -2.17. The Hall–Kier alpha value is -2.67. The van der Waals surface area contributed by atoms with E-state index in [1.165, 1.54) is 36.4 Å². The molecule has 3 N–H and O–H groups in total. The Labute approximate surface area is 127 Å². The van der Waals surface area contributed by atoms with Gasteiger partial charge in [-0.05, 0) is 12.1 Å². The highest BCUT2D eigenvalue weighted by atomic mass is 32.2. The molecule has 0 heterocycles. The molecular formula is C15H14N2O4S. The molecule has 114 valence electrons. The lowest BCUT2D eigenvalue weighted by Gasteiger charge is -2.05. The Kier molecular flexibility index (Phi) is 4.57. The van der Waals surface area contributed by atoms with Gasteiger partial charge in [0.05, 0.1) is 4.90 Å². The first-order valence-electron chi connectivity index (χ1n) is 6.33. The predicted octanol–water partition coefficient (Wildman–Crippen LogP) is 1.44. The largest absolute Gasteiger partial charge is 0.409 e. The van der Waals surface area contributed by atoms with Crippen LogP contribution in [0.25, 0.3) is 0 Å². The molecule has 2 rings (SSSR count). The van der Waals surface area contributed by atoms with Crippen molar-refractivity contribution in [3.05, 3.63) is 65.7 Å². The summed E-state index contributed by atoms with van der Waals surface area (Å²) in [5.41, 5.74) is 6.10. The lowest BCUT2D eigenvalue weighted by atomic mass is 10.1. The van der Waals surface area contributed by atoms with E-state index >= 15 is 0 Å². The molecule has 6 nitrogen and oxygen atoms in total. The number of carbonyl (C=O) groups is 1. The number of hydrogen-bond acceptors (Lipinski definition) is 5. The van der Waals surface area contributed by atoms with E-state index in [2.05, 4.69) is 5.16 Å². The number of nitrogens with zero attached hydrogens (tertiary/aromatic N) is 1. The van der Waals surface area contributed by atoms with Gasteiger partial charge in [0, 0.05) is 11.1 Å². The minimum absolute atomic E-state index is 0.0871. The van der Waals surface area contributed by atoms with E-state index in [9.17, 15) is 13.2 Å². The highest BCUT2D eigenvalue weighted by Gasteiger charge is 2.20. The van der Waals surface area contributed by atoms with Crippen molar-refractivity contribution in [3.63, 3.8) is 0 Å². The van der Waals surface area contributed by atoms with Crippen molar-refractivity contribution in [3.8, 4) is 0 Å². The van der Waals surface area contributed by atoms with Gasteiger partial charge in [-0.3, -0.25) is 4.79 Å². The molecule has 0 aliphatic carbocycles. The molecule has 0 amide bonds. The zero-order valence-electron chi connectivity index (χ0n) is 11.5. The van der Waals surface area contributed by atoms with E-state index in [1.54, 1.807) is 18.2 Å². The number of carbonyl (C=O) groups excluding carboxylic acids is 1.